The van der Waals surface area contributed by atoms with Gasteiger partial charge in [0.25, 0.3) is 5.91 Å². The number of nitrogens with two attached hydrogens (primary N) is 1. The van der Waals surface area contributed by atoms with E-state index in [-0.39, 0.29) is 23.0 Å². The number of hydrogen-bond donors (Lipinski definition) is 4. The summed E-state index contributed by atoms with van der Waals surface area (Å²) in [6.45, 7) is 1.92. The number of carboxylic acid groups (broad SMARTS) is 1. The standard InChI is InChI=1S/C19H16FN5O3/c1-10-3-2-4-11(7-10)23-17-14(16(21)26)9-22-19(25-17)24-12-5-6-13(18(27)28)15(20)8-12/h2-9H,1H3,(H2,21,26)(H,27,28)(H2,22,23,24,25). The zero-order chi connectivity index (χ0) is 20.3. The third-order valence-corrected chi connectivity index (χ3v) is 3.79. The van der Waals surface area contributed by atoms with Crippen molar-refractivity contribution in [3.8, 4) is 0 Å². The molecule has 3 aromatic rings. The lowest BCUT2D eigenvalue weighted by Crippen LogP contribution is -2.15. The molecule has 8 nitrogen and oxygen atoms in total. The first kappa shape index (κ1) is 18.8. The Bertz CT molecular complexity index is 1070. The van der Waals surface area contributed by atoms with Crippen molar-refractivity contribution in [3.63, 3.8) is 0 Å². The van der Waals surface area contributed by atoms with Crippen molar-refractivity contribution in [2.75, 3.05) is 10.6 Å². The number of aromatic nitrogens is 2. The first-order valence-corrected chi connectivity index (χ1v) is 8.14. The molecule has 0 saturated heterocycles. The van der Waals surface area contributed by atoms with Gasteiger partial charge < -0.3 is 21.5 Å². The number of rotatable bonds is 6. The molecule has 0 aliphatic carbocycles. The number of carbonyl (C=O) groups is 2. The van der Waals surface area contributed by atoms with E-state index in [2.05, 4.69) is 20.6 Å². The zero-order valence-electron chi connectivity index (χ0n) is 14.7. The predicted molar refractivity (Wildman–Crippen MR) is 102 cm³/mol. The molecule has 142 valence electrons. The smallest absolute Gasteiger partial charge is 0.338 e. The number of halogens is 1. The number of anilines is 4. The third-order valence-electron chi connectivity index (χ3n) is 3.79. The van der Waals surface area contributed by atoms with Crippen LogP contribution >= 0.6 is 0 Å². The lowest BCUT2D eigenvalue weighted by molar-refractivity contribution is 0.0691. The second-order valence-electron chi connectivity index (χ2n) is 5.94. The van der Waals surface area contributed by atoms with Gasteiger partial charge in [0.1, 0.15) is 17.2 Å². The molecule has 0 saturated carbocycles. The van der Waals surface area contributed by atoms with Crippen LogP contribution in [-0.2, 0) is 0 Å². The number of aromatic carboxylic acids is 1. The third kappa shape index (κ3) is 4.21. The summed E-state index contributed by atoms with van der Waals surface area (Å²) in [5.74, 6) is -2.72. The Kier molecular flexibility index (Phi) is 5.16. The van der Waals surface area contributed by atoms with Gasteiger partial charge in [-0.3, -0.25) is 4.79 Å². The highest BCUT2D eigenvalue weighted by atomic mass is 19.1. The van der Waals surface area contributed by atoms with Crippen LogP contribution in [0.1, 0.15) is 26.3 Å². The molecule has 0 atom stereocenters. The normalized spacial score (nSPS) is 10.4. The van der Waals surface area contributed by atoms with Crippen LogP contribution in [0.2, 0.25) is 0 Å². The molecule has 1 aromatic heterocycles. The molecule has 0 aliphatic heterocycles. The van der Waals surface area contributed by atoms with Gasteiger partial charge in [-0.1, -0.05) is 12.1 Å². The van der Waals surface area contributed by atoms with Crippen LogP contribution in [0.5, 0.6) is 0 Å². The summed E-state index contributed by atoms with van der Waals surface area (Å²) in [6.07, 6.45) is 1.25. The number of aryl methyl sites for hydroxylation is 1. The second kappa shape index (κ2) is 7.70. The molecule has 5 N–H and O–H groups in total. The van der Waals surface area contributed by atoms with E-state index in [1.165, 1.54) is 12.3 Å². The van der Waals surface area contributed by atoms with Crippen molar-refractivity contribution in [1.29, 1.82) is 0 Å². The minimum absolute atomic E-state index is 0.0719. The van der Waals surface area contributed by atoms with Crippen LogP contribution in [0.4, 0.5) is 27.5 Å². The molecule has 0 spiro atoms. The highest BCUT2D eigenvalue weighted by Crippen LogP contribution is 2.23. The topological polar surface area (TPSA) is 130 Å². The number of nitrogens with one attached hydrogen (secondary N) is 2. The molecule has 1 heterocycles. The molecule has 2 aromatic carbocycles. The fourth-order valence-electron chi connectivity index (χ4n) is 2.47. The molecule has 0 bridgehead atoms. The van der Waals surface area contributed by atoms with Gasteiger partial charge in [-0.25, -0.2) is 14.2 Å². The van der Waals surface area contributed by atoms with Crippen molar-refractivity contribution in [2.24, 2.45) is 5.73 Å². The minimum Gasteiger partial charge on any atom is -0.478 e. The lowest BCUT2D eigenvalue weighted by Gasteiger charge is -2.12. The van der Waals surface area contributed by atoms with E-state index in [1.807, 2.05) is 25.1 Å². The second-order valence-corrected chi connectivity index (χ2v) is 5.94. The van der Waals surface area contributed by atoms with E-state index < -0.39 is 23.3 Å². The Balaban J connectivity index is 1.91. The van der Waals surface area contributed by atoms with Gasteiger partial charge in [-0.2, -0.15) is 4.98 Å². The van der Waals surface area contributed by atoms with Crippen molar-refractivity contribution in [3.05, 3.63) is 71.2 Å². The molecular weight excluding hydrogens is 365 g/mol. The van der Waals surface area contributed by atoms with Crippen LogP contribution in [0, 0.1) is 12.7 Å². The fraction of sp³-hybridized carbons (Fsp3) is 0.0526. The molecule has 0 fully saturated rings. The maximum atomic E-state index is 13.8. The lowest BCUT2D eigenvalue weighted by atomic mass is 10.2. The van der Waals surface area contributed by atoms with E-state index in [4.69, 9.17) is 10.8 Å². The summed E-state index contributed by atoms with van der Waals surface area (Å²) in [5, 5.41) is 14.7. The summed E-state index contributed by atoms with van der Waals surface area (Å²) in [7, 11) is 0. The molecule has 0 aliphatic rings. The summed E-state index contributed by atoms with van der Waals surface area (Å²) < 4.78 is 13.8. The van der Waals surface area contributed by atoms with Gasteiger partial charge in [0.05, 0.1) is 5.56 Å². The van der Waals surface area contributed by atoms with Gasteiger partial charge in [-0.05, 0) is 42.8 Å². The van der Waals surface area contributed by atoms with Crippen molar-refractivity contribution >= 4 is 35.0 Å². The van der Waals surface area contributed by atoms with E-state index in [0.29, 0.717) is 5.69 Å². The number of primary amides is 1. The number of benzene rings is 2. The van der Waals surface area contributed by atoms with E-state index in [1.54, 1.807) is 6.07 Å². The number of hydrogen-bond acceptors (Lipinski definition) is 6. The zero-order valence-corrected chi connectivity index (χ0v) is 14.7. The first-order valence-electron chi connectivity index (χ1n) is 8.14. The summed E-state index contributed by atoms with van der Waals surface area (Å²) in [6, 6.07) is 10.9. The fourth-order valence-corrected chi connectivity index (χ4v) is 2.47. The quantitative estimate of drug-likeness (QED) is 0.516. The Morgan fingerprint density at radius 2 is 1.82 bits per heavy atom. The van der Waals surface area contributed by atoms with Crippen LogP contribution < -0.4 is 16.4 Å². The number of carbonyl (C=O) groups excluding carboxylic acids is 1. The largest absolute Gasteiger partial charge is 0.478 e. The van der Waals surface area contributed by atoms with E-state index >= 15 is 0 Å². The highest BCUT2D eigenvalue weighted by molar-refractivity contribution is 5.98. The van der Waals surface area contributed by atoms with Crippen LogP contribution in [0.3, 0.4) is 0 Å². The molecule has 28 heavy (non-hydrogen) atoms. The van der Waals surface area contributed by atoms with Gasteiger partial charge in [0.2, 0.25) is 5.95 Å². The molecule has 9 heteroatoms. The average molecular weight is 381 g/mol. The van der Waals surface area contributed by atoms with Crippen LogP contribution in [0.25, 0.3) is 0 Å². The van der Waals surface area contributed by atoms with Crippen LogP contribution in [-0.4, -0.2) is 27.0 Å². The van der Waals surface area contributed by atoms with E-state index in [0.717, 1.165) is 17.7 Å². The summed E-state index contributed by atoms with van der Waals surface area (Å²) in [5.41, 5.74) is 6.97. The monoisotopic (exact) mass is 381 g/mol. The SMILES string of the molecule is Cc1cccc(Nc2nc(Nc3ccc(C(=O)O)c(F)c3)ncc2C(N)=O)c1. The van der Waals surface area contributed by atoms with Gasteiger partial charge in [0.15, 0.2) is 0 Å². The van der Waals surface area contributed by atoms with E-state index in [9.17, 15) is 14.0 Å². The molecule has 0 radical (unpaired) electrons. The van der Waals surface area contributed by atoms with Gasteiger partial charge in [-0.15, -0.1) is 0 Å². The summed E-state index contributed by atoms with van der Waals surface area (Å²) >= 11 is 0. The maximum Gasteiger partial charge on any atom is 0.338 e. The van der Waals surface area contributed by atoms with Gasteiger partial charge in [0, 0.05) is 17.6 Å². The Hall–Kier alpha value is -4.01. The van der Waals surface area contributed by atoms with Crippen LogP contribution in [0.15, 0.2) is 48.7 Å². The number of amides is 1. The predicted octanol–water partition coefficient (Wildman–Crippen LogP) is 3.21. The molecule has 1 amide bonds. The molecular formula is C19H16FN5O3. The highest BCUT2D eigenvalue weighted by Gasteiger charge is 2.14. The first-order chi connectivity index (χ1) is 13.3. The van der Waals surface area contributed by atoms with Gasteiger partial charge >= 0.3 is 5.97 Å². The average Bonchev–Trinajstić information content (AvgIpc) is 2.61. The Labute approximate surface area is 159 Å². The van der Waals surface area contributed by atoms with Crippen molar-refractivity contribution < 1.29 is 19.1 Å². The molecule has 3 rings (SSSR count). The minimum atomic E-state index is -1.37. The molecule has 0 unspecified atom stereocenters. The Morgan fingerprint density at radius 3 is 2.46 bits per heavy atom. The summed E-state index contributed by atoms with van der Waals surface area (Å²) in [4.78, 5) is 30.8. The van der Waals surface area contributed by atoms with Crippen molar-refractivity contribution in [2.45, 2.75) is 6.92 Å². The number of carboxylic acids is 1. The number of nitrogens with zero attached hydrogens (tertiary/aromatic N) is 2. The van der Waals surface area contributed by atoms with Crippen molar-refractivity contribution in [1.82, 2.24) is 9.97 Å². The maximum absolute atomic E-state index is 13.8. The Morgan fingerprint density at radius 1 is 1.07 bits per heavy atom.